The number of hydrogen-bond acceptors (Lipinski definition) is 3. The predicted octanol–water partition coefficient (Wildman–Crippen LogP) is 3.00. The maximum atomic E-state index is 14.3. The number of halogens is 1. The Hall–Kier alpha value is -2.66. The Morgan fingerprint density at radius 2 is 2.04 bits per heavy atom. The molecule has 1 aliphatic heterocycles. The highest BCUT2D eigenvalue weighted by molar-refractivity contribution is 5.67. The fraction of sp³-hybridized carbons (Fsp3) is 0.211. The van der Waals surface area contributed by atoms with Crippen molar-refractivity contribution in [1.82, 2.24) is 9.55 Å². The van der Waals surface area contributed by atoms with Gasteiger partial charge in [0.2, 0.25) is 0 Å². The van der Waals surface area contributed by atoms with Crippen LogP contribution in [0.3, 0.4) is 0 Å². The van der Waals surface area contributed by atoms with Gasteiger partial charge >= 0.3 is 0 Å². The molecule has 0 saturated carbocycles. The number of hydrogen-bond donors (Lipinski definition) is 1. The molecule has 5 heteroatoms. The summed E-state index contributed by atoms with van der Waals surface area (Å²) < 4.78 is 21.9. The molecule has 3 aromatic rings. The topological polar surface area (TPSA) is 53.1 Å². The first-order valence-corrected chi connectivity index (χ1v) is 7.97. The third kappa shape index (κ3) is 2.78. The second-order valence-electron chi connectivity index (χ2n) is 6.06. The molecule has 4 rings (SSSR count). The molecular formula is C19H18FN3O. The van der Waals surface area contributed by atoms with Gasteiger partial charge in [-0.2, -0.15) is 0 Å². The van der Waals surface area contributed by atoms with E-state index in [4.69, 9.17) is 10.5 Å². The number of fused-ring (bicyclic) bond motifs is 1. The van der Waals surface area contributed by atoms with Crippen LogP contribution in [0.15, 0.2) is 55.1 Å². The van der Waals surface area contributed by atoms with E-state index in [1.54, 1.807) is 12.5 Å². The van der Waals surface area contributed by atoms with Crippen LogP contribution in [0, 0.1) is 5.82 Å². The van der Waals surface area contributed by atoms with Crippen LogP contribution in [0.1, 0.15) is 11.1 Å². The highest BCUT2D eigenvalue weighted by Crippen LogP contribution is 2.35. The van der Waals surface area contributed by atoms with Crippen LogP contribution in [0.5, 0.6) is 5.75 Å². The van der Waals surface area contributed by atoms with Crippen molar-refractivity contribution in [2.45, 2.75) is 19.1 Å². The van der Waals surface area contributed by atoms with Crippen molar-refractivity contribution in [2.24, 2.45) is 5.73 Å². The third-order valence-electron chi connectivity index (χ3n) is 4.33. The molecule has 0 fully saturated rings. The molecule has 0 unspecified atom stereocenters. The van der Waals surface area contributed by atoms with Crippen molar-refractivity contribution in [3.63, 3.8) is 0 Å². The van der Waals surface area contributed by atoms with Crippen LogP contribution in [0.25, 0.3) is 11.1 Å². The van der Waals surface area contributed by atoms with Crippen LogP contribution in [0.2, 0.25) is 0 Å². The molecule has 0 aliphatic carbocycles. The first-order valence-electron chi connectivity index (χ1n) is 7.97. The van der Waals surface area contributed by atoms with Crippen molar-refractivity contribution >= 4 is 0 Å². The van der Waals surface area contributed by atoms with E-state index in [0.29, 0.717) is 18.7 Å². The Bertz CT molecular complexity index is 844. The molecule has 4 nitrogen and oxygen atoms in total. The van der Waals surface area contributed by atoms with Gasteiger partial charge in [-0.25, -0.2) is 9.37 Å². The van der Waals surface area contributed by atoms with Crippen LogP contribution in [-0.2, 0) is 13.0 Å². The summed E-state index contributed by atoms with van der Waals surface area (Å²) in [5.74, 6) is 0.0341. The summed E-state index contributed by atoms with van der Waals surface area (Å²) in [6.07, 6.45) is 6.02. The number of rotatable bonds is 4. The normalized spacial score (nSPS) is 16.0. The molecule has 0 spiro atoms. The first-order chi connectivity index (χ1) is 11.7. The molecule has 1 atom stereocenters. The van der Waals surface area contributed by atoms with Gasteiger partial charge in [-0.15, -0.1) is 0 Å². The van der Waals surface area contributed by atoms with Crippen molar-refractivity contribution in [2.75, 3.05) is 6.54 Å². The molecule has 1 aliphatic rings. The molecule has 0 amide bonds. The van der Waals surface area contributed by atoms with E-state index in [-0.39, 0.29) is 11.9 Å². The smallest absolute Gasteiger partial charge is 0.165 e. The van der Waals surface area contributed by atoms with E-state index < -0.39 is 0 Å². The van der Waals surface area contributed by atoms with Gasteiger partial charge in [0.1, 0.15) is 6.10 Å². The SMILES string of the molecule is NC[C@H]1Cc2cc(-c3ccc(Cn4ccnc4)cc3)cc(F)c2O1. The minimum absolute atomic E-state index is 0.123. The van der Waals surface area contributed by atoms with Gasteiger partial charge < -0.3 is 15.0 Å². The van der Waals surface area contributed by atoms with Gasteiger partial charge in [-0.3, -0.25) is 0 Å². The third-order valence-corrected chi connectivity index (χ3v) is 4.33. The van der Waals surface area contributed by atoms with E-state index in [1.165, 1.54) is 11.6 Å². The minimum Gasteiger partial charge on any atom is -0.485 e. The molecule has 24 heavy (non-hydrogen) atoms. The van der Waals surface area contributed by atoms with E-state index >= 15 is 0 Å². The molecule has 0 bridgehead atoms. The standard InChI is InChI=1S/C19H18FN3O/c20-18-9-15(7-16-8-17(10-21)24-19(16)18)14-3-1-13(2-4-14)11-23-6-5-22-12-23/h1-7,9,12,17H,8,10-11,21H2/t17-/m1/s1. The summed E-state index contributed by atoms with van der Waals surface area (Å²) in [5, 5.41) is 0. The first kappa shape index (κ1) is 14.9. The van der Waals surface area contributed by atoms with Crippen LogP contribution in [-0.4, -0.2) is 22.2 Å². The summed E-state index contributed by atoms with van der Waals surface area (Å²) in [6.45, 7) is 1.16. The van der Waals surface area contributed by atoms with Crippen molar-refractivity contribution in [3.05, 3.63) is 72.1 Å². The lowest BCUT2D eigenvalue weighted by Gasteiger charge is -2.08. The number of nitrogens with two attached hydrogens (primary N) is 1. The number of benzene rings is 2. The van der Waals surface area contributed by atoms with Crippen LogP contribution >= 0.6 is 0 Å². The lowest BCUT2D eigenvalue weighted by atomic mass is 9.99. The lowest BCUT2D eigenvalue weighted by molar-refractivity contribution is 0.232. The van der Waals surface area contributed by atoms with Crippen molar-refractivity contribution in [1.29, 1.82) is 0 Å². The molecule has 122 valence electrons. The summed E-state index contributed by atoms with van der Waals surface area (Å²) in [5.41, 5.74) is 9.54. The van der Waals surface area contributed by atoms with Gasteiger partial charge in [-0.1, -0.05) is 24.3 Å². The summed E-state index contributed by atoms with van der Waals surface area (Å²) in [6, 6.07) is 11.7. The maximum Gasteiger partial charge on any atom is 0.165 e. The largest absolute Gasteiger partial charge is 0.485 e. The Balaban J connectivity index is 1.59. The quantitative estimate of drug-likeness (QED) is 0.803. The van der Waals surface area contributed by atoms with Gasteiger partial charge in [0.15, 0.2) is 11.6 Å². The second kappa shape index (κ2) is 6.09. The molecule has 2 heterocycles. The molecule has 2 aromatic carbocycles. The lowest BCUT2D eigenvalue weighted by Crippen LogP contribution is -2.24. The zero-order chi connectivity index (χ0) is 16.5. The number of nitrogens with zero attached hydrogens (tertiary/aromatic N) is 2. The number of aromatic nitrogens is 2. The Morgan fingerprint density at radius 3 is 2.75 bits per heavy atom. The fourth-order valence-corrected chi connectivity index (χ4v) is 3.08. The molecule has 0 saturated heterocycles. The Kier molecular flexibility index (Phi) is 3.78. The molecule has 2 N–H and O–H groups in total. The summed E-state index contributed by atoms with van der Waals surface area (Å²) in [4.78, 5) is 4.04. The summed E-state index contributed by atoms with van der Waals surface area (Å²) >= 11 is 0. The van der Waals surface area contributed by atoms with Gasteiger partial charge in [0.25, 0.3) is 0 Å². The molecular weight excluding hydrogens is 305 g/mol. The summed E-state index contributed by atoms with van der Waals surface area (Å²) in [7, 11) is 0. The highest BCUT2D eigenvalue weighted by Gasteiger charge is 2.25. The maximum absolute atomic E-state index is 14.3. The zero-order valence-electron chi connectivity index (χ0n) is 13.2. The van der Waals surface area contributed by atoms with E-state index in [2.05, 4.69) is 17.1 Å². The number of ether oxygens (including phenoxy) is 1. The number of imidazole rings is 1. The van der Waals surface area contributed by atoms with E-state index in [9.17, 15) is 4.39 Å². The Morgan fingerprint density at radius 1 is 1.21 bits per heavy atom. The van der Waals surface area contributed by atoms with Gasteiger partial charge in [0, 0.05) is 37.5 Å². The van der Waals surface area contributed by atoms with Crippen LogP contribution in [0.4, 0.5) is 4.39 Å². The van der Waals surface area contributed by atoms with Crippen LogP contribution < -0.4 is 10.5 Å². The highest BCUT2D eigenvalue weighted by atomic mass is 19.1. The fourth-order valence-electron chi connectivity index (χ4n) is 3.08. The zero-order valence-corrected chi connectivity index (χ0v) is 13.2. The van der Waals surface area contributed by atoms with E-state index in [0.717, 1.165) is 23.2 Å². The predicted molar refractivity (Wildman–Crippen MR) is 90.3 cm³/mol. The minimum atomic E-state index is -0.319. The second-order valence-corrected chi connectivity index (χ2v) is 6.06. The Labute approximate surface area is 139 Å². The van der Waals surface area contributed by atoms with E-state index in [1.807, 2.05) is 29.0 Å². The van der Waals surface area contributed by atoms with Gasteiger partial charge in [-0.05, 0) is 28.8 Å². The molecule has 1 aromatic heterocycles. The monoisotopic (exact) mass is 323 g/mol. The van der Waals surface area contributed by atoms with Crippen molar-refractivity contribution in [3.8, 4) is 16.9 Å². The average Bonchev–Trinajstić information content (AvgIpc) is 3.24. The van der Waals surface area contributed by atoms with Gasteiger partial charge in [0.05, 0.1) is 6.33 Å². The average molecular weight is 323 g/mol. The molecule has 0 radical (unpaired) electrons. The van der Waals surface area contributed by atoms with Crippen molar-refractivity contribution < 1.29 is 9.13 Å².